The Hall–Kier alpha value is -2.25. The summed E-state index contributed by atoms with van der Waals surface area (Å²) in [6.07, 6.45) is 0. The number of thiazole rings is 1. The number of hydrogen-bond donors (Lipinski definition) is 1. The lowest BCUT2D eigenvalue weighted by Gasteiger charge is -2.07. The first kappa shape index (κ1) is 19.1. The Morgan fingerprint density at radius 2 is 1.84 bits per heavy atom. The molecule has 1 aromatic heterocycles. The van der Waals surface area contributed by atoms with Gasteiger partial charge in [-0.15, -0.1) is 11.3 Å². The molecule has 2 rings (SSSR count). The molecule has 0 radical (unpaired) electrons. The van der Waals surface area contributed by atoms with E-state index in [1.165, 1.54) is 22.5 Å². The first-order valence-electron chi connectivity index (χ1n) is 7.97. The third kappa shape index (κ3) is 5.37. The molecule has 0 saturated carbocycles. The highest BCUT2D eigenvalue weighted by Crippen LogP contribution is 2.29. The lowest BCUT2D eigenvalue weighted by Crippen LogP contribution is -2.22. The maximum absolute atomic E-state index is 11.8. The highest BCUT2D eigenvalue weighted by atomic mass is 32.1. The first-order chi connectivity index (χ1) is 11.9. The van der Waals surface area contributed by atoms with Gasteiger partial charge < -0.3 is 9.47 Å². The van der Waals surface area contributed by atoms with Crippen LogP contribution in [0.2, 0.25) is 0 Å². The number of rotatable bonds is 7. The molecule has 0 spiro atoms. The molecule has 1 amide bonds. The van der Waals surface area contributed by atoms with Gasteiger partial charge in [0, 0.05) is 17.6 Å². The summed E-state index contributed by atoms with van der Waals surface area (Å²) in [5, 5.41) is 5.01. The van der Waals surface area contributed by atoms with E-state index < -0.39 is 11.9 Å². The van der Waals surface area contributed by atoms with E-state index in [1.54, 1.807) is 6.92 Å². The molecule has 2 aromatic rings. The molecular weight excluding hydrogens is 340 g/mol. The van der Waals surface area contributed by atoms with Crippen LogP contribution in [-0.2, 0) is 19.1 Å². The molecule has 7 heteroatoms. The van der Waals surface area contributed by atoms with E-state index in [1.807, 2.05) is 12.3 Å². The second-order valence-corrected chi connectivity index (χ2v) is 6.49. The smallest absolute Gasteiger partial charge is 0.332 e. The average Bonchev–Trinajstić information content (AvgIpc) is 3.02. The van der Waals surface area contributed by atoms with Crippen LogP contribution in [0.15, 0.2) is 17.5 Å². The second-order valence-electron chi connectivity index (χ2n) is 5.64. The zero-order chi connectivity index (χ0) is 18.4. The molecule has 0 saturated heterocycles. The molecule has 0 bridgehead atoms. The van der Waals surface area contributed by atoms with Gasteiger partial charge in [0.2, 0.25) is 0 Å². The summed E-state index contributed by atoms with van der Waals surface area (Å²) in [4.78, 5) is 27.6. The normalized spacial score (nSPS) is 10.6. The van der Waals surface area contributed by atoms with Crippen LogP contribution >= 0.6 is 11.3 Å². The van der Waals surface area contributed by atoms with Crippen LogP contribution in [0.4, 0.5) is 5.13 Å². The van der Waals surface area contributed by atoms with E-state index in [0.717, 1.165) is 16.8 Å². The number of nitrogens with one attached hydrogen (secondary N) is 1. The topological polar surface area (TPSA) is 77.5 Å². The summed E-state index contributed by atoms with van der Waals surface area (Å²) in [5.74, 6) is -0.995. The number of aryl methyl sites for hydroxylation is 3. The molecular formula is C18H22N2O4S. The Morgan fingerprint density at radius 3 is 2.56 bits per heavy atom. The summed E-state index contributed by atoms with van der Waals surface area (Å²) >= 11 is 1.33. The zero-order valence-electron chi connectivity index (χ0n) is 14.8. The van der Waals surface area contributed by atoms with E-state index in [4.69, 9.17) is 9.47 Å². The molecule has 1 N–H and O–H groups in total. The minimum atomic E-state index is -0.567. The molecule has 0 aliphatic heterocycles. The monoisotopic (exact) mass is 362 g/mol. The third-order valence-electron chi connectivity index (χ3n) is 3.66. The summed E-state index contributed by atoms with van der Waals surface area (Å²) in [6.45, 7) is 7.85. The Labute approximate surface area is 151 Å². The van der Waals surface area contributed by atoms with Gasteiger partial charge in [-0.3, -0.25) is 10.1 Å². The number of anilines is 1. The molecule has 1 aromatic carbocycles. The minimum absolute atomic E-state index is 0.156. The largest absolute Gasteiger partial charge is 0.454 e. The van der Waals surface area contributed by atoms with Crippen molar-refractivity contribution < 1.29 is 19.1 Å². The van der Waals surface area contributed by atoms with Crippen molar-refractivity contribution in [3.05, 3.63) is 34.2 Å². The molecule has 0 fully saturated rings. The average molecular weight is 362 g/mol. The van der Waals surface area contributed by atoms with Crippen molar-refractivity contribution in [1.82, 2.24) is 4.98 Å². The van der Waals surface area contributed by atoms with E-state index in [0.29, 0.717) is 11.7 Å². The van der Waals surface area contributed by atoms with Gasteiger partial charge in [0.15, 0.2) is 11.7 Å². The fraction of sp³-hybridized carbons (Fsp3) is 0.389. The fourth-order valence-corrected chi connectivity index (χ4v) is 2.95. The predicted molar refractivity (Wildman–Crippen MR) is 97.8 cm³/mol. The van der Waals surface area contributed by atoms with E-state index in [9.17, 15) is 9.59 Å². The van der Waals surface area contributed by atoms with E-state index in [2.05, 4.69) is 36.3 Å². The number of ether oxygens (including phenoxy) is 2. The SMILES string of the molecule is CCOCC(=O)OCC(=O)Nc1nc(-c2cc(C)c(C)cc2C)cs1. The maximum atomic E-state index is 11.8. The van der Waals surface area contributed by atoms with Gasteiger partial charge >= 0.3 is 5.97 Å². The Morgan fingerprint density at radius 1 is 1.12 bits per heavy atom. The zero-order valence-corrected chi connectivity index (χ0v) is 15.7. The molecule has 0 unspecified atom stereocenters. The van der Waals surface area contributed by atoms with Crippen LogP contribution in [0.3, 0.4) is 0 Å². The third-order valence-corrected chi connectivity index (χ3v) is 4.41. The van der Waals surface area contributed by atoms with Crippen LogP contribution in [0.25, 0.3) is 11.3 Å². The van der Waals surface area contributed by atoms with Gasteiger partial charge in [-0.25, -0.2) is 9.78 Å². The Kier molecular flexibility index (Phi) is 6.66. The number of carbonyl (C=O) groups excluding carboxylic acids is 2. The molecule has 0 aliphatic carbocycles. The number of aromatic nitrogens is 1. The number of esters is 1. The summed E-state index contributed by atoms with van der Waals surface area (Å²) in [6, 6.07) is 4.22. The van der Waals surface area contributed by atoms with Crippen molar-refractivity contribution in [3.8, 4) is 11.3 Å². The van der Waals surface area contributed by atoms with Crippen LogP contribution < -0.4 is 5.32 Å². The summed E-state index contributed by atoms with van der Waals surface area (Å²) in [5.41, 5.74) is 5.42. The van der Waals surface area contributed by atoms with Gasteiger partial charge in [0.1, 0.15) is 6.61 Å². The van der Waals surface area contributed by atoms with Gasteiger partial charge in [0.05, 0.1) is 5.69 Å². The highest BCUT2D eigenvalue weighted by Gasteiger charge is 2.12. The molecule has 6 nitrogen and oxygen atoms in total. The van der Waals surface area contributed by atoms with Crippen molar-refractivity contribution in [3.63, 3.8) is 0 Å². The molecule has 0 atom stereocenters. The van der Waals surface area contributed by atoms with Crippen LogP contribution in [0, 0.1) is 20.8 Å². The molecule has 0 aliphatic rings. The van der Waals surface area contributed by atoms with E-state index >= 15 is 0 Å². The standard InChI is InChI=1S/C18H22N2O4S/c1-5-23-9-17(22)24-8-16(21)20-18-19-15(10-25-18)14-7-12(3)11(2)6-13(14)4/h6-7,10H,5,8-9H2,1-4H3,(H,19,20,21). The van der Waals surface area contributed by atoms with Crippen molar-refractivity contribution in [1.29, 1.82) is 0 Å². The van der Waals surface area contributed by atoms with Crippen LogP contribution in [0.1, 0.15) is 23.6 Å². The van der Waals surface area contributed by atoms with Gasteiger partial charge in [0.25, 0.3) is 5.91 Å². The van der Waals surface area contributed by atoms with Gasteiger partial charge in [-0.2, -0.15) is 0 Å². The van der Waals surface area contributed by atoms with Crippen molar-refractivity contribution >= 4 is 28.3 Å². The maximum Gasteiger partial charge on any atom is 0.332 e. The quantitative estimate of drug-likeness (QED) is 0.765. The fourth-order valence-electron chi connectivity index (χ4n) is 2.22. The van der Waals surface area contributed by atoms with E-state index in [-0.39, 0.29) is 13.2 Å². The number of benzene rings is 1. The van der Waals surface area contributed by atoms with Crippen LogP contribution in [0.5, 0.6) is 0 Å². The second kappa shape index (κ2) is 8.73. The summed E-state index contributed by atoms with van der Waals surface area (Å²) in [7, 11) is 0. The number of amides is 1. The lowest BCUT2D eigenvalue weighted by atomic mass is 9.99. The highest BCUT2D eigenvalue weighted by molar-refractivity contribution is 7.14. The molecule has 1 heterocycles. The predicted octanol–water partition coefficient (Wildman–Crippen LogP) is 3.25. The Balaban J connectivity index is 1.96. The van der Waals surface area contributed by atoms with Gasteiger partial charge in [-0.05, 0) is 50.5 Å². The van der Waals surface area contributed by atoms with Crippen LogP contribution in [-0.4, -0.2) is 36.7 Å². The lowest BCUT2D eigenvalue weighted by molar-refractivity contribution is -0.151. The first-order valence-corrected chi connectivity index (χ1v) is 8.85. The minimum Gasteiger partial charge on any atom is -0.454 e. The van der Waals surface area contributed by atoms with Crippen molar-refractivity contribution in [2.45, 2.75) is 27.7 Å². The Bertz CT molecular complexity index is 770. The van der Waals surface area contributed by atoms with Gasteiger partial charge in [-0.1, -0.05) is 6.07 Å². The summed E-state index contributed by atoms with van der Waals surface area (Å²) < 4.78 is 9.73. The molecule has 134 valence electrons. The van der Waals surface area contributed by atoms with Crippen molar-refractivity contribution in [2.24, 2.45) is 0 Å². The number of nitrogens with zero attached hydrogens (tertiary/aromatic N) is 1. The number of hydrogen-bond acceptors (Lipinski definition) is 6. The van der Waals surface area contributed by atoms with Crippen molar-refractivity contribution in [2.75, 3.05) is 25.1 Å². The number of carbonyl (C=O) groups is 2. The molecule has 25 heavy (non-hydrogen) atoms.